The monoisotopic (exact) mass is 394 g/mol. The summed E-state index contributed by atoms with van der Waals surface area (Å²) in [6, 6.07) is 8.66. The molecule has 7 nitrogen and oxygen atoms in total. The van der Waals surface area contributed by atoms with Crippen LogP contribution in [0.5, 0.6) is 0 Å². The average molecular weight is 395 g/mol. The van der Waals surface area contributed by atoms with Gasteiger partial charge in [-0.3, -0.25) is 4.79 Å². The van der Waals surface area contributed by atoms with E-state index in [4.69, 9.17) is 0 Å². The van der Waals surface area contributed by atoms with E-state index in [2.05, 4.69) is 43.3 Å². The van der Waals surface area contributed by atoms with Gasteiger partial charge in [0.05, 0.1) is 17.6 Å². The van der Waals surface area contributed by atoms with Crippen LogP contribution in [0.2, 0.25) is 0 Å². The Labute approximate surface area is 167 Å². The molecule has 4 heterocycles. The minimum absolute atomic E-state index is 0.171. The molecule has 0 N–H and O–H groups in total. The third-order valence-electron chi connectivity index (χ3n) is 5.69. The lowest BCUT2D eigenvalue weighted by Crippen LogP contribution is -2.55. The van der Waals surface area contributed by atoms with Crippen LogP contribution in [0.1, 0.15) is 23.5 Å². The summed E-state index contributed by atoms with van der Waals surface area (Å²) < 4.78 is 0. The van der Waals surface area contributed by atoms with Crippen molar-refractivity contribution in [3.05, 3.63) is 35.0 Å². The highest BCUT2D eigenvalue weighted by Crippen LogP contribution is 2.30. The Kier molecular flexibility index (Phi) is 4.32. The van der Waals surface area contributed by atoms with Gasteiger partial charge < -0.3 is 9.80 Å². The molecule has 2 unspecified atom stereocenters. The third-order valence-corrected chi connectivity index (χ3v) is 6.58. The van der Waals surface area contributed by atoms with E-state index in [1.807, 2.05) is 25.1 Å². The van der Waals surface area contributed by atoms with Crippen LogP contribution in [-0.2, 0) is 11.2 Å². The van der Waals surface area contributed by atoms with E-state index in [0.29, 0.717) is 18.5 Å². The van der Waals surface area contributed by atoms with Gasteiger partial charge in [0.2, 0.25) is 5.91 Å². The molecule has 2 aliphatic rings. The molecule has 3 aromatic rings. The number of aromatic nitrogens is 4. The van der Waals surface area contributed by atoms with Gasteiger partial charge in [-0.05, 0) is 51.1 Å². The van der Waals surface area contributed by atoms with Crippen molar-refractivity contribution in [2.24, 2.45) is 0 Å². The number of aryl methyl sites for hydroxylation is 1. The summed E-state index contributed by atoms with van der Waals surface area (Å²) in [5, 5.41) is 19.7. The van der Waals surface area contributed by atoms with E-state index in [9.17, 15) is 4.79 Å². The molecule has 28 heavy (non-hydrogen) atoms. The summed E-state index contributed by atoms with van der Waals surface area (Å²) in [4.78, 5) is 17.4. The van der Waals surface area contributed by atoms with Crippen LogP contribution in [0.25, 0.3) is 21.5 Å². The summed E-state index contributed by atoms with van der Waals surface area (Å²) in [6.07, 6.45) is 2.52. The summed E-state index contributed by atoms with van der Waals surface area (Å²) in [7, 11) is 2.14. The van der Waals surface area contributed by atoms with E-state index in [1.54, 1.807) is 11.3 Å². The van der Waals surface area contributed by atoms with E-state index in [0.717, 1.165) is 58.1 Å². The first-order valence-electron chi connectivity index (χ1n) is 9.63. The lowest BCUT2D eigenvalue weighted by Gasteiger charge is -2.39. The molecule has 1 amide bonds. The molecule has 2 aromatic heterocycles. The number of hydrogen-bond acceptors (Lipinski definition) is 7. The maximum absolute atomic E-state index is 13.0. The van der Waals surface area contributed by atoms with Crippen molar-refractivity contribution < 1.29 is 4.79 Å². The number of rotatable bonds is 3. The number of amides is 1. The molecule has 2 bridgehead atoms. The maximum atomic E-state index is 13.0. The first-order chi connectivity index (χ1) is 13.6. The number of fused-ring (bicyclic) bond motifs is 3. The molecule has 0 radical (unpaired) electrons. The molecule has 0 saturated carbocycles. The minimum atomic E-state index is 0.171. The van der Waals surface area contributed by atoms with Gasteiger partial charge in [0, 0.05) is 36.1 Å². The molecule has 5 rings (SSSR count). The standard InChI is InChI=1S/C20H22N6OS/c1-12-21-24-20(28-12)13-3-6-18-14(7-13)8-15(22-23-18)9-19(27)26-16-4-5-17(26)11-25(2)10-16/h3,6-8,16-17H,4-5,9-11H2,1-2H3. The number of likely N-dealkylation sites (N-methyl/N-ethyl adjacent to an activating group) is 1. The molecule has 1 aromatic carbocycles. The van der Waals surface area contributed by atoms with Gasteiger partial charge in [0.1, 0.15) is 10.0 Å². The SMILES string of the molecule is Cc1nnc(-c2ccc3nnc(CC(=O)N4C5CCC4CN(C)C5)cc3c2)s1. The second kappa shape index (κ2) is 6.86. The van der Waals surface area contributed by atoms with E-state index in [-0.39, 0.29) is 5.91 Å². The van der Waals surface area contributed by atoms with E-state index < -0.39 is 0 Å². The minimum Gasteiger partial charge on any atom is -0.334 e. The highest BCUT2D eigenvalue weighted by Gasteiger charge is 2.41. The van der Waals surface area contributed by atoms with Crippen molar-refractivity contribution >= 4 is 28.1 Å². The number of piperazine rings is 1. The van der Waals surface area contributed by atoms with Crippen molar-refractivity contribution in [2.45, 2.75) is 38.3 Å². The largest absolute Gasteiger partial charge is 0.334 e. The lowest BCUT2D eigenvalue weighted by atomic mass is 10.1. The third kappa shape index (κ3) is 3.16. The van der Waals surface area contributed by atoms with Crippen LogP contribution in [-0.4, -0.2) is 68.3 Å². The van der Waals surface area contributed by atoms with E-state index in [1.165, 1.54) is 0 Å². The smallest absolute Gasteiger partial charge is 0.229 e. The van der Waals surface area contributed by atoms with Gasteiger partial charge in [-0.2, -0.15) is 10.2 Å². The van der Waals surface area contributed by atoms with Gasteiger partial charge in [-0.25, -0.2) is 0 Å². The van der Waals surface area contributed by atoms with Crippen LogP contribution >= 0.6 is 11.3 Å². The number of carbonyl (C=O) groups excluding carboxylic acids is 1. The van der Waals surface area contributed by atoms with Gasteiger partial charge >= 0.3 is 0 Å². The zero-order valence-corrected chi connectivity index (χ0v) is 16.8. The normalized spacial score (nSPS) is 22.1. The zero-order chi connectivity index (χ0) is 19.3. The fourth-order valence-electron chi connectivity index (χ4n) is 4.49. The molecule has 144 valence electrons. The zero-order valence-electron chi connectivity index (χ0n) is 16.0. The molecular formula is C20H22N6OS. The number of carbonyl (C=O) groups is 1. The lowest BCUT2D eigenvalue weighted by molar-refractivity contribution is -0.135. The second-order valence-electron chi connectivity index (χ2n) is 7.82. The van der Waals surface area contributed by atoms with Gasteiger partial charge in [0.25, 0.3) is 0 Å². The van der Waals surface area contributed by atoms with Crippen LogP contribution in [0, 0.1) is 6.92 Å². The Hall–Kier alpha value is -2.45. The Morgan fingerprint density at radius 1 is 1.11 bits per heavy atom. The Bertz CT molecular complexity index is 1040. The molecular weight excluding hydrogens is 372 g/mol. The summed E-state index contributed by atoms with van der Waals surface area (Å²) in [5.41, 5.74) is 2.56. The maximum Gasteiger partial charge on any atom is 0.229 e. The van der Waals surface area contributed by atoms with Crippen LogP contribution in [0.4, 0.5) is 0 Å². The van der Waals surface area contributed by atoms with Gasteiger partial charge in [-0.15, -0.1) is 10.2 Å². The fraction of sp³-hybridized carbons (Fsp3) is 0.450. The number of nitrogens with zero attached hydrogens (tertiary/aromatic N) is 6. The Morgan fingerprint density at radius 3 is 2.61 bits per heavy atom. The van der Waals surface area contributed by atoms with Crippen molar-refractivity contribution in [1.29, 1.82) is 0 Å². The average Bonchev–Trinajstić information content (AvgIpc) is 3.22. The Morgan fingerprint density at radius 2 is 1.89 bits per heavy atom. The molecule has 2 saturated heterocycles. The Balaban J connectivity index is 1.39. The summed E-state index contributed by atoms with van der Waals surface area (Å²) in [5.74, 6) is 0.171. The number of likely N-dealkylation sites (tertiary alicyclic amines) is 1. The van der Waals surface area contributed by atoms with Crippen molar-refractivity contribution in [3.63, 3.8) is 0 Å². The van der Waals surface area contributed by atoms with Crippen LogP contribution in [0.3, 0.4) is 0 Å². The van der Waals surface area contributed by atoms with Crippen LogP contribution in [0.15, 0.2) is 24.3 Å². The fourth-order valence-corrected chi connectivity index (χ4v) is 5.18. The van der Waals surface area contributed by atoms with Crippen molar-refractivity contribution in [2.75, 3.05) is 20.1 Å². The molecule has 0 spiro atoms. The molecule has 0 aliphatic carbocycles. The predicted molar refractivity (Wildman–Crippen MR) is 108 cm³/mol. The van der Waals surface area contributed by atoms with Crippen molar-refractivity contribution in [3.8, 4) is 10.6 Å². The molecule has 2 aliphatic heterocycles. The second-order valence-corrected chi connectivity index (χ2v) is 9.00. The summed E-state index contributed by atoms with van der Waals surface area (Å²) >= 11 is 1.57. The first kappa shape index (κ1) is 17.6. The predicted octanol–water partition coefficient (Wildman–Crippen LogP) is 2.30. The van der Waals surface area contributed by atoms with Crippen LogP contribution < -0.4 is 0 Å². The topological polar surface area (TPSA) is 75.1 Å². The molecule has 2 fully saturated rings. The molecule has 8 heteroatoms. The van der Waals surface area contributed by atoms with Gasteiger partial charge in [0.15, 0.2) is 0 Å². The first-order valence-corrected chi connectivity index (χ1v) is 10.4. The van der Waals surface area contributed by atoms with E-state index >= 15 is 0 Å². The quantitative estimate of drug-likeness (QED) is 0.679. The number of hydrogen-bond donors (Lipinski definition) is 0. The summed E-state index contributed by atoms with van der Waals surface area (Å²) in [6.45, 7) is 3.88. The highest BCUT2D eigenvalue weighted by molar-refractivity contribution is 7.14. The number of benzene rings is 1. The van der Waals surface area contributed by atoms with Crippen molar-refractivity contribution in [1.82, 2.24) is 30.2 Å². The molecule has 2 atom stereocenters. The van der Waals surface area contributed by atoms with Gasteiger partial charge in [-0.1, -0.05) is 11.3 Å². The highest BCUT2D eigenvalue weighted by atomic mass is 32.1.